The number of amides is 1. The van der Waals surface area contributed by atoms with Crippen LogP contribution in [0, 0.1) is 5.41 Å². The number of nitrogens with one attached hydrogen (secondary N) is 1. The number of anilines is 1. The highest BCUT2D eigenvalue weighted by molar-refractivity contribution is 5.80. The maximum atomic E-state index is 12.4. The molecule has 136 valence electrons. The predicted molar refractivity (Wildman–Crippen MR) is 94.6 cm³/mol. The van der Waals surface area contributed by atoms with Gasteiger partial charge in [0.15, 0.2) is 0 Å². The molecule has 3 fully saturated rings. The molecule has 2 atom stereocenters. The lowest BCUT2D eigenvalue weighted by Crippen LogP contribution is -2.41. The molecule has 0 radical (unpaired) electrons. The summed E-state index contributed by atoms with van der Waals surface area (Å²) in [5, 5.41) is 11.2. The molecular weight excluding hydrogens is 330 g/mol. The van der Waals surface area contributed by atoms with Crippen molar-refractivity contribution in [1.82, 2.24) is 20.1 Å². The van der Waals surface area contributed by atoms with Gasteiger partial charge in [0.25, 0.3) is 0 Å². The first-order valence-electron chi connectivity index (χ1n) is 9.48. The molecule has 2 aromatic heterocycles. The lowest BCUT2D eigenvalue weighted by Gasteiger charge is -2.32. The smallest absolute Gasteiger partial charge is 0.315 e. The van der Waals surface area contributed by atoms with Crippen LogP contribution in [0.15, 0.2) is 28.8 Å². The minimum atomic E-state index is 0.109. The van der Waals surface area contributed by atoms with E-state index >= 15 is 0 Å². The van der Waals surface area contributed by atoms with Crippen LogP contribution in [-0.4, -0.2) is 45.6 Å². The van der Waals surface area contributed by atoms with E-state index in [0.29, 0.717) is 23.2 Å². The summed E-state index contributed by atoms with van der Waals surface area (Å²) in [6, 6.07) is 6.27. The summed E-state index contributed by atoms with van der Waals surface area (Å²) < 4.78 is 5.71. The van der Waals surface area contributed by atoms with Crippen molar-refractivity contribution in [3.05, 3.63) is 36.0 Å². The summed E-state index contributed by atoms with van der Waals surface area (Å²) in [6.45, 7) is 1.97. The average molecular weight is 353 g/mol. The van der Waals surface area contributed by atoms with Crippen molar-refractivity contribution in [3.63, 3.8) is 0 Å². The van der Waals surface area contributed by atoms with Gasteiger partial charge in [0.1, 0.15) is 0 Å². The summed E-state index contributed by atoms with van der Waals surface area (Å²) in [6.07, 6.45) is 7.79. The highest BCUT2D eigenvalue weighted by atomic mass is 16.4. The van der Waals surface area contributed by atoms with Crippen LogP contribution in [0.5, 0.6) is 0 Å². The summed E-state index contributed by atoms with van der Waals surface area (Å²) in [7, 11) is 0. The fourth-order valence-corrected chi connectivity index (χ4v) is 4.02. The number of nitrogens with zero attached hydrogens (tertiary/aromatic N) is 4. The topological polar surface area (TPSA) is 84.2 Å². The first-order chi connectivity index (χ1) is 12.7. The van der Waals surface area contributed by atoms with Gasteiger partial charge < -0.3 is 14.6 Å². The van der Waals surface area contributed by atoms with E-state index < -0.39 is 0 Å². The zero-order valence-corrected chi connectivity index (χ0v) is 14.7. The van der Waals surface area contributed by atoms with Gasteiger partial charge in [-0.3, -0.25) is 9.78 Å². The maximum Gasteiger partial charge on any atom is 0.315 e. The van der Waals surface area contributed by atoms with Gasteiger partial charge in [-0.25, -0.2) is 0 Å². The number of rotatable bonds is 5. The van der Waals surface area contributed by atoms with Crippen molar-refractivity contribution in [2.24, 2.45) is 5.41 Å². The Balaban J connectivity index is 1.13. The Morgan fingerprint density at radius 2 is 2.04 bits per heavy atom. The number of likely N-dealkylation sites (tertiary alicyclic amines) is 1. The van der Waals surface area contributed by atoms with Crippen LogP contribution in [0.25, 0.3) is 0 Å². The molecule has 2 unspecified atom stereocenters. The number of hydrogen-bond acceptors (Lipinski definition) is 6. The zero-order chi connectivity index (χ0) is 17.6. The second kappa shape index (κ2) is 6.07. The highest BCUT2D eigenvalue weighted by Crippen LogP contribution is 2.54. The van der Waals surface area contributed by atoms with E-state index in [0.717, 1.165) is 38.0 Å². The lowest BCUT2D eigenvalue weighted by molar-refractivity contribution is -0.130. The number of aromatic nitrogens is 3. The Labute approximate surface area is 152 Å². The van der Waals surface area contributed by atoms with E-state index in [9.17, 15) is 4.79 Å². The second-order valence-electron chi connectivity index (χ2n) is 7.88. The zero-order valence-electron chi connectivity index (χ0n) is 14.7. The monoisotopic (exact) mass is 353 g/mol. The normalized spacial score (nSPS) is 25.9. The van der Waals surface area contributed by atoms with Crippen LogP contribution in [-0.2, 0) is 4.79 Å². The van der Waals surface area contributed by atoms with Gasteiger partial charge in [-0.1, -0.05) is 11.2 Å². The van der Waals surface area contributed by atoms with Crippen molar-refractivity contribution < 1.29 is 9.21 Å². The summed E-state index contributed by atoms with van der Waals surface area (Å²) in [5.74, 6) is 1.33. The van der Waals surface area contributed by atoms with Crippen molar-refractivity contribution in [1.29, 1.82) is 0 Å². The van der Waals surface area contributed by atoms with E-state index in [4.69, 9.17) is 4.42 Å². The second-order valence-corrected chi connectivity index (χ2v) is 7.88. The Bertz CT molecular complexity index is 791. The SMILES string of the molecule is O=C(CNc1nnc(C2CC2c2ccccn2)o1)N1CCC2(CC1)CC2. The minimum Gasteiger partial charge on any atom is -0.408 e. The summed E-state index contributed by atoms with van der Waals surface area (Å²) in [4.78, 5) is 18.7. The molecular formula is C19H23N5O2. The van der Waals surface area contributed by atoms with Gasteiger partial charge in [-0.15, -0.1) is 5.10 Å². The number of carbonyl (C=O) groups is 1. The van der Waals surface area contributed by atoms with E-state index in [-0.39, 0.29) is 18.4 Å². The van der Waals surface area contributed by atoms with Crippen LogP contribution in [0.1, 0.15) is 55.5 Å². The van der Waals surface area contributed by atoms with Crippen LogP contribution in [0.4, 0.5) is 6.01 Å². The van der Waals surface area contributed by atoms with Gasteiger partial charge in [-0.2, -0.15) is 0 Å². The van der Waals surface area contributed by atoms with Crippen molar-refractivity contribution in [3.8, 4) is 0 Å². The lowest BCUT2D eigenvalue weighted by atomic mass is 9.94. The molecule has 1 amide bonds. The van der Waals surface area contributed by atoms with Crippen LogP contribution >= 0.6 is 0 Å². The summed E-state index contributed by atoms with van der Waals surface area (Å²) >= 11 is 0. The summed E-state index contributed by atoms with van der Waals surface area (Å²) in [5.41, 5.74) is 1.65. The number of carbonyl (C=O) groups excluding carboxylic acids is 1. The first-order valence-corrected chi connectivity index (χ1v) is 9.48. The van der Waals surface area contributed by atoms with E-state index in [1.165, 1.54) is 12.8 Å². The molecule has 1 spiro atoms. The molecule has 2 aromatic rings. The molecule has 26 heavy (non-hydrogen) atoms. The first kappa shape index (κ1) is 15.8. The van der Waals surface area contributed by atoms with Gasteiger partial charge >= 0.3 is 6.01 Å². The molecule has 1 aliphatic heterocycles. The third-order valence-electron chi connectivity index (χ3n) is 6.14. The molecule has 2 saturated carbocycles. The minimum absolute atomic E-state index is 0.109. The number of pyridine rings is 1. The quantitative estimate of drug-likeness (QED) is 0.889. The van der Waals surface area contributed by atoms with Crippen LogP contribution in [0.2, 0.25) is 0 Å². The molecule has 1 saturated heterocycles. The van der Waals surface area contributed by atoms with Crippen LogP contribution < -0.4 is 5.32 Å². The maximum absolute atomic E-state index is 12.4. The molecule has 0 aromatic carbocycles. The van der Waals surface area contributed by atoms with Gasteiger partial charge in [-0.05, 0) is 49.7 Å². The van der Waals surface area contributed by atoms with E-state index in [2.05, 4.69) is 20.5 Å². The average Bonchev–Trinajstić information content (AvgIpc) is 3.60. The van der Waals surface area contributed by atoms with Crippen molar-refractivity contribution in [2.75, 3.05) is 25.0 Å². The molecule has 5 rings (SSSR count). The molecule has 2 aliphatic carbocycles. The molecule has 7 nitrogen and oxygen atoms in total. The molecule has 1 N–H and O–H groups in total. The number of piperidine rings is 1. The molecule has 3 aliphatic rings. The van der Waals surface area contributed by atoms with E-state index in [1.807, 2.05) is 29.3 Å². The fourth-order valence-electron chi connectivity index (χ4n) is 4.02. The molecule has 7 heteroatoms. The molecule has 0 bridgehead atoms. The van der Waals surface area contributed by atoms with Crippen LogP contribution in [0.3, 0.4) is 0 Å². The largest absolute Gasteiger partial charge is 0.408 e. The third kappa shape index (κ3) is 3.06. The Morgan fingerprint density at radius 1 is 1.19 bits per heavy atom. The Morgan fingerprint density at radius 3 is 2.77 bits per heavy atom. The fraction of sp³-hybridized carbons (Fsp3) is 0.579. The Kier molecular flexibility index (Phi) is 3.69. The van der Waals surface area contributed by atoms with Crippen molar-refractivity contribution >= 4 is 11.9 Å². The predicted octanol–water partition coefficient (Wildman–Crippen LogP) is 2.55. The van der Waals surface area contributed by atoms with Gasteiger partial charge in [0.2, 0.25) is 11.8 Å². The van der Waals surface area contributed by atoms with Crippen molar-refractivity contribution in [2.45, 2.75) is 43.9 Å². The van der Waals surface area contributed by atoms with E-state index in [1.54, 1.807) is 0 Å². The third-order valence-corrected chi connectivity index (χ3v) is 6.14. The molecule has 3 heterocycles. The highest BCUT2D eigenvalue weighted by Gasteiger charge is 2.45. The van der Waals surface area contributed by atoms with Gasteiger partial charge in [0, 0.05) is 36.8 Å². The Hall–Kier alpha value is -2.44. The standard InChI is InChI=1S/C19H23N5O2/c25-16(24-9-6-19(4-5-19)7-10-24)12-21-18-23-22-17(26-18)14-11-13(14)15-3-1-2-8-20-15/h1-3,8,13-14H,4-7,9-12H2,(H,21,23). The number of hydrogen-bond donors (Lipinski definition) is 1. The van der Waals surface area contributed by atoms with Gasteiger partial charge in [0.05, 0.1) is 6.54 Å².